The lowest BCUT2D eigenvalue weighted by Gasteiger charge is -2.39. The minimum atomic E-state index is 0.0301. The lowest BCUT2D eigenvalue weighted by Crippen LogP contribution is -2.40. The molecule has 1 unspecified atom stereocenters. The maximum Gasteiger partial charge on any atom is 0.251 e. The van der Waals surface area contributed by atoms with E-state index in [4.69, 9.17) is 0 Å². The van der Waals surface area contributed by atoms with E-state index in [1.54, 1.807) is 11.8 Å². The van der Waals surface area contributed by atoms with Crippen molar-refractivity contribution in [3.8, 4) is 0 Å². The predicted octanol–water partition coefficient (Wildman–Crippen LogP) is 5.94. The van der Waals surface area contributed by atoms with E-state index in [0.717, 1.165) is 37.2 Å². The van der Waals surface area contributed by atoms with Crippen molar-refractivity contribution >= 4 is 29.0 Å². The minimum Gasteiger partial charge on any atom is -0.352 e. The molecule has 5 heteroatoms. The van der Waals surface area contributed by atoms with Crippen LogP contribution in [0.25, 0.3) is 0 Å². The number of carbonyl (C=O) groups excluding carboxylic acids is 1. The first-order chi connectivity index (χ1) is 15.0. The summed E-state index contributed by atoms with van der Waals surface area (Å²) in [7, 11) is 0. The molecule has 31 heavy (non-hydrogen) atoms. The molecule has 1 N–H and O–H groups in total. The van der Waals surface area contributed by atoms with Crippen LogP contribution in [0.15, 0.2) is 52.3 Å². The molecule has 2 heterocycles. The van der Waals surface area contributed by atoms with Crippen LogP contribution >= 0.6 is 11.8 Å². The fraction of sp³-hybridized carbons (Fsp3) is 0.500. The Hall–Kier alpha value is -1.98. The molecule has 0 radical (unpaired) electrons. The monoisotopic (exact) mass is 437 g/mol. The van der Waals surface area contributed by atoms with Gasteiger partial charge < -0.3 is 15.1 Å². The van der Waals surface area contributed by atoms with E-state index in [1.165, 1.54) is 41.4 Å². The number of carbonyl (C=O) groups is 1. The van der Waals surface area contributed by atoms with Crippen LogP contribution in [-0.4, -0.2) is 43.0 Å². The number of nitrogens with zero attached hydrogens (tertiary/aromatic N) is 2. The molecule has 2 aliphatic heterocycles. The van der Waals surface area contributed by atoms with E-state index < -0.39 is 0 Å². The number of para-hydroxylation sites is 1. The van der Waals surface area contributed by atoms with Gasteiger partial charge in [0, 0.05) is 34.5 Å². The molecule has 2 aromatic rings. The second kappa shape index (κ2) is 10.1. The first kappa shape index (κ1) is 22.2. The van der Waals surface area contributed by atoms with Crippen LogP contribution in [0.3, 0.4) is 0 Å². The molecule has 1 fully saturated rings. The quantitative estimate of drug-likeness (QED) is 0.519. The third-order valence-corrected chi connectivity index (χ3v) is 7.36. The highest BCUT2D eigenvalue weighted by molar-refractivity contribution is 7.99. The molecule has 1 atom stereocenters. The summed E-state index contributed by atoms with van der Waals surface area (Å²) in [5, 5.41) is 3.11. The Morgan fingerprint density at radius 3 is 2.55 bits per heavy atom. The molecule has 2 aliphatic rings. The second-order valence-corrected chi connectivity index (χ2v) is 10.4. The van der Waals surface area contributed by atoms with Gasteiger partial charge in [0.05, 0.1) is 11.4 Å². The van der Waals surface area contributed by atoms with Gasteiger partial charge in [-0.25, -0.2) is 0 Å². The van der Waals surface area contributed by atoms with Gasteiger partial charge in [0.15, 0.2) is 0 Å². The summed E-state index contributed by atoms with van der Waals surface area (Å²) in [5.41, 5.74) is 3.16. The smallest absolute Gasteiger partial charge is 0.251 e. The van der Waals surface area contributed by atoms with E-state index >= 15 is 0 Å². The van der Waals surface area contributed by atoms with Crippen molar-refractivity contribution in [3.63, 3.8) is 0 Å². The van der Waals surface area contributed by atoms with Gasteiger partial charge >= 0.3 is 0 Å². The average Bonchev–Trinajstić information content (AvgIpc) is 3.27. The summed E-state index contributed by atoms with van der Waals surface area (Å²) in [6.07, 6.45) is 4.77. The van der Waals surface area contributed by atoms with E-state index in [-0.39, 0.29) is 5.91 Å². The zero-order valence-electron chi connectivity index (χ0n) is 19.1. The van der Waals surface area contributed by atoms with Gasteiger partial charge in [-0.15, -0.1) is 0 Å². The van der Waals surface area contributed by atoms with Crippen LogP contribution < -0.4 is 10.2 Å². The van der Waals surface area contributed by atoms with Gasteiger partial charge in [-0.3, -0.25) is 4.79 Å². The Labute approximate surface area is 191 Å². The second-order valence-electron chi connectivity index (χ2n) is 9.27. The van der Waals surface area contributed by atoms with Crippen LogP contribution in [0.1, 0.15) is 56.8 Å². The molecule has 0 saturated carbocycles. The van der Waals surface area contributed by atoms with Gasteiger partial charge in [-0.1, -0.05) is 37.7 Å². The normalized spacial score (nSPS) is 16.8. The number of hydrogen-bond acceptors (Lipinski definition) is 4. The maximum absolute atomic E-state index is 12.8. The van der Waals surface area contributed by atoms with Gasteiger partial charge in [-0.2, -0.15) is 0 Å². The molecule has 0 aromatic heterocycles. The summed E-state index contributed by atoms with van der Waals surface area (Å²) in [6.45, 7) is 10.9. The lowest BCUT2D eigenvalue weighted by molar-refractivity contribution is 0.0952. The summed E-state index contributed by atoms with van der Waals surface area (Å²) in [6, 6.07) is 15.2. The third kappa shape index (κ3) is 5.27. The molecule has 1 saturated heterocycles. The summed E-state index contributed by atoms with van der Waals surface area (Å²) >= 11 is 1.80. The Balaban J connectivity index is 1.57. The van der Waals surface area contributed by atoms with Crippen molar-refractivity contribution in [1.29, 1.82) is 0 Å². The number of fused-ring (bicyclic) bond motifs is 2. The summed E-state index contributed by atoms with van der Waals surface area (Å²) < 4.78 is 0. The van der Waals surface area contributed by atoms with Crippen molar-refractivity contribution < 1.29 is 4.79 Å². The standard InChI is InChI=1S/C26H35N3OS/c1-19(2)9-8-14-27-26(30)21-12-13-25-23(17-21)29(20(3)18-28-15-6-7-16-28)22-10-4-5-11-24(22)31-25/h4-5,10-13,17,19-20H,6-9,14-16,18H2,1-3H3,(H,27,30). The van der Waals surface area contributed by atoms with Crippen molar-refractivity contribution in [2.75, 3.05) is 31.1 Å². The van der Waals surface area contributed by atoms with Gasteiger partial charge in [0.25, 0.3) is 5.91 Å². The molecule has 2 aromatic carbocycles. The molecule has 0 bridgehead atoms. The van der Waals surface area contributed by atoms with Gasteiger partial charge in [0.1, 0.15) is 0 Å². The largest absolute Gasteiger partial charge is 0.352 e. The number of rotatable bonds is 8. The maximum atomic E-state index is 12.8. The Kier molecular flexibility index (Phi) is 7.24. The molecule has 1 amide bonds. The van der Waals surface area contributed by atoms with E-state index in [0.29, 0.717) is 12.0 Å². The van der Waals surface area contributed by atoms with Crippen molar-refractivity contribution in [3.05, 3.63) is 48.0 Å². The van der Waals surface area contributed by atoms with Crippen molar-refractivity contribution in [1.82, 2.24) is 10.2 Å². The van der Waals surface area contributed by atoms with Crippen LogP contribution in [0.2, 0.25) is 0 Å². The Bertz CT molecular complexity index is 907. The zero-order chi connectivity index (χ0) is 21.8. The molecule has 166 valence electrons. The highest BCUT2D eigenvalue weighted by Gasteiger charge is 2.29. The number of anilines is 2. The topological polar surface area (TPSA) is 35.6 Å². The van der Waals surface area contributed by atoms with Gasteiger partial charge in [0.2, 0.25) is 0 Å². The fourth-order valence-corrected chi connectivity index (χ4v) is 5.69. The number of hydrogen-bond donors (Lipinski definition) is 1. The molecule has 0 spiro atoms. The van der Waals surface area contributed by atoms with E-state index in [9.17, 15) is 4.79 Å². The third-order valence-electron chi connectivity index (χ3n) is 6.23. The molecule has 4 rings (SSSR count). The molecule has 4 nitrogen and oxygen atoms in total. The number of nitrogens with one attached hydrogen (secondary N) is 1. The summed E-state index contributed by atoms with van der Waals surface area (Å²) in [5.74, 6) is 0.700. The zero-order valence-corrected chi connectivity index (χ0v) is 19.9. The van der Waals surface area contributed by atoms with Crippen LogP contribution in [0, 0.1) is 5.92 Å². The number of amides is 1. The predicted molar refractivity (Wildman–Crippen MR) is 131 cm³/mol. The van der Waals surface area contributed by atoms with Gasteiger partial charge in [-0.05, 0) is 81.9 Å². The Morgan fingerprint density at radius 2 is 1.77 bits per heavy atom. The van der Waals surface area contributed by atoms with E-state index in [1.807, 2.05) is 6.07 Å². The van der Waals surface area contributed by atoms with Crippen LogP contribution in [0.5, 0.6) is 0 Å². The summed E-state index contributed by atoms with van der Waals surface area (Å²) in [4.78, 5) is 20.4. The first-order valence-corrected chi connectivity index (χ1v) is 12.6. The number of likely N-dealkylation sites (tertiary alicyclic amines) is 1. The molecular formula is C26H35N3OS. The first-order valence-electron chi connectivity index (χ1n) is 11.7. The van der Waals surface area contributed by atoms with Crippen LogP contribution in [-0.2, 0) is 0 Å². The highest BCUT2D eigenvalue weighted by atomic mass is 32.2. The highest BCUT2D eigenvalue weighted by Crippen LogP contribution is 2.49. The Morgan fingerprint density at radius 1 is 1.03 bits per heavy atom. The lowest BCUT2D eigenvalue weighted by atomic mass is 10.1. The number of benzene rings is 2. The van der Waals surface area contributed by atoms with E-state index in [2.05, 4.69) is 72.3 Å². The van der Waals surface area contributed by atoms with Crippen molar-refractivity contribution in [2.24, 2.45) is 5.92 Å². The fourth-order valence-electron chi connectivity index (χ4n) is 4.63. The SMILES string of the molecule is CC(C)CCCNC(=O)c1ccc2c(c1)N(C(C)CN1CCCC1)c1ccccc1S2. The van der Waals surface area contributed by atoms with Crippen molar-refractivity contribution in [2.45, 2.75) is 62.3 Å². The van der Waals surface area contributed by atoms with Crippen LogP contribution in [0.4, 0.5) is 11.4 Å². The molecular weight excluding hydrogens is 402 g/mol. The minimum absolute atomic E-state index is 0.0301. The molecule has 0 aliphatic carbocycles. The average molecular weight is 438 g/mol.